The number of aliphatic carboxylic acids is 1. The van der Waals surface area contributed by atoms with Gasteiger partial charge in [0.15, 0.2) is 0 Å². The average molecular weight is 364 g/mol. The summed E-state index contributed by atoms with van der Waals surface area (Å²) in [6.07, 6.45) is 1.39. The molecule has 1 saturated heterocycles. The smallest absolute Gasteiger partial charge is 0.328 e. The van der Waals surface area contributed by atoms with E-state index in [9.17, 15) is 19.2 Å². The molecule has 1 aliphatic heterocycles. The van der Waals surface area contributed by atoms with E-state index in [0.717, 1.165) is 15.9 Å². The fourth-order valence-electron chi connectivity index (χ4n) is 2.94. The van der Waals surface area contributed by atoms with E-state index in [2.05, 4.69) is 0 Å². The molecular formula is C20H16N2O5. The number of carbonyl (C=O) groups is 4. The van der Waals surface area contributed by atoms with Crippen molar-refractivity contribution < 1.29 is 24.3 Å². The molecule has 2 aromatic rings. The maximum atomic E-state index is 12.9. The lowest BCUT2D eigenvalue weighted by Gasteiger charge is -2.26. The average Bonchev–Trinajstić information content (AvgIpc) is 2.96. The number of carboxylic acids is 1. The van der Waals surface area contributed by atoms with E-state index in [0.29, 0.717) is 17.5 Å². The lowest BCUT2D eigenvalue weighted by Crippen LogP contribution is -2.45. The second kappa shape index (κ2) is 7.65. The Balaban J connectivity index is 1.98. The van der Waals surface area contributed by atoms with Crippen molar-refractivity contribution in [3.05, 3.63) is 72.8 Å². The Labute approximate surface area is 155 Å². The van der Waals surface area contributed by atoms with Gasteiger partial charge in [0, 0.05) is 17.8 Å². The molecule has 1 atom stereocenters. The maximum Gasteiger partial charge on any atom is 0.328 e. The van der Waals surface area contributed by atoms with Gasteiger partial charge in [0.25, 0.3) is 11.8 Å². The van der Waals surface area contributed by atoms with Crippen molar-refractivity contribution in [3.8, 4) is 0 Å². The number of benzene rings is 2. The fourth-order valence-corrected chi connectivity index (χ4v) is 2.94. The van der Waals surface area contributed by atoms with Gasteiger partial charge in [-0.05, 0) is 24.3 Å². The highest BCUT2D eigenvalue weighted by Crippen LogP contribution is 2.29. The van der Waals surface area contributed by atoms with Gasteiger partial charge in [-0.3, -0.25) is 19.3 Å². The quantitative estimate of drug-likeness (QED) is 0.647. The first kappa shape index (κ1) is 18.1. The van der Waals surface area contributed by atoms with Gasteiger partial charge in [-0.15, -0.1) is 0 Å². The number of hydrogen-bond donors (Lipinski definition) is 1. The molecule has 3 rings (SSSR count). The number of anilines is 2. The lowest BCUT2D eigenvalue weighted by atomic mass is 10.1. The van der Waals surface area contributed by atoms with Crippen LogP contribution in [0.25, 0.3) is 0 Å². The predicted octanol–water partition coefficient (Wildman–Crippen LogP) is 1.99. The van der Waals surface area contributed by atoms with Crippen LogP contribution < -0.4 is 9.80 Å². The van der Waals surface area contributed by atoms with Crippen LogP contribution in [0.4, 0.5) is 11.4 Å². The van der Waals surface area contributed by atoms with Crippen LogP contribution in [0.2, 0.25) is 0 Å². The number of carbonyl (C=O) groups excluding carboxylic acids is 3. The molecule has 7 nitrogen and oxygen atoms in total. The Morgan fingerprint density at radius 1 is 0.963 bits per heavy atom. The molecule has 27 heavy (non-hydrogen) atoms. The van der Waals surface area contributed by atoms with Gasteiger partial charge in [-0.1, -0.05) is 36.4 Å². The molecule has 136 valence electrons. The molecule has 0 spiro atoms. The highest BCUT2D eigenvalue weighted by Gasteiger charge is 2.44. The summed E-state index contributed by atoms with van der Waals surface area (Å²) in [6.45, 7) is 0. The third-order valence-corrected chi connectivity index (χ3v) is 4.09. The second-order valence-electron chi connectivity index (χ2n) is 5.84. The van der Waals surface area contributed by atoms with Gasteiger partial charge in [0.2, 0.25) is 5.91 Å². The number of para-hydroxylation sites is 2. The van der Waals surface area contributed by atoms with Crippen LogP contribution in [0.15, 0.2) is 72.8 Å². The minimum Gasteiger partial charge on any atom is -0.478 e. The van der Waals surface area contributed by atoms with Gasteiger partial charge in [0.05, 0.1) is 12.1 Å². The van der Waals surface area contributed by atoms with E-state index >= 15 is 0 Å². The molecule has 0 saturated carbocycles. The van der Waals surface area contributed by atoms with Crippen molar-refractivity contribution in [2.24, 2.45) is 0 Å². The predicted molar refractivity (Wildman–Crippen MR) is 98.0 cm³/mol. The Kier molecular flexibility index (Phi) is 5.12. The molecule has 0 aromatic heterocycles. The minimum absolute atomic E-state index is 0.185. The van der Waals surface area contributed by atoms with Crippen LogP contribution in [0.5, 0.6) is 0 Å². The first-order valence-electron chi connectivity index (χ1n) is 8.20. The Hall–Kier alpha value is -3.74. The van der Waals surface area contributed by atoms with Crippen molar-refractivity contribution in [3.63, 3.8) is 0 Å². The second-order valence-corrected chi connectivity index (χ2v) is 5.84. The van der Waals surface area contributed by atoms with E-state index in [1.807, 2.05) is 0 Å². The topological polar surface area (TPSA) is 95.0 Å². The number of carboxylic acid groups (broad SMARTS) is 1. The summed E-state index contributed by atoms with van der Waals surface area (Å²) in [6, 6.07) is 15.8. The highest BCUT2D eigenvalue weighted by molar-refractivity contribution is 6.25. The maximum absolute atomic E-state index is 12.9. The first-order chi connectivity index (χ1) is 13.0. The largest absolute Gasteiger partial charge is 0.478 e. The fraction of sp³-hybridized carbons (Fsp3) is 0.100. The third-order valence-electron chi connectivity index (χ3n) is 4.09. The van der Waals surface area contributed by atoms with Crippen LogP contribution in [-0.2, 0) is 19.2 Å². The van der Waals surface area contributed by atoms with E-state index < -0.39 is 29.7 Å². The summed E-state index contributed by atoms with van der Waals surface area (Å²) >= 11 is 0. The Morgan fingerprint density at radius 2 is 1.56 bits per heavy atom. The monoisotopic (exact) mass is 364 g/mol. The molecule has 1 aliphatic rings. The number of amides is 3. The summed E-state index contributed by atoms with van der Waals surface area (Å²) in [5.41, 5.74) is 0.829. The lowest BCUT2D eigenvalue weighted by molar-refractivity contribution is -0.131. The van der Waals surface area contributed by atoms with Crippen LogP contribution in [0.1, 0.15) is 6.42 Å². The highest BCUT2D eigenvalue weighted by atomic mass is 16.4. The van der Waals surface area contributed by atoms with Crippen LogP contribution in [-0.4, -0.2) is 34.8 Å². The number of hydrogen-bond acceptors (Lipinski definition) is 4. The summed E-state index contributed by atoms with van der Waals surface area (Å²) in [5, 5.41) is 8.78. The van der Waals surface area contributed by atoms with Crippen molar-refractivity contribution in [1.29, 1.82) is 0 Å². The third kappa shape index (κ3) is 3.77. The van der Waals surface area contributed by atoms with Crippen molar-refractivity contribution in [2.45, 2.75) is 12.5 Å². The first-order valence-corrected chi connectivity index (χ1v) is 8.20. The van der Waals surface area contributed by atoms with Gasteiger partial charge in [0.1, 0.15) is 6.04 Å². The van der Waals surface area contributed by atoms with E-state index in [4.69, 9.17) is 5.11 Å². The summed E-state index contributed by atoms with van der Waals surface area (Å²) < 4.78 is 0. The van der Waals surface area contributed by atoms with Gasteiger partial charge in [-0.2, -0.15) is 0 Å². The van der Waals surface area contributed by atoms with Gasteiger partial charge in [-0.25, -0.2) is 9.69 Å². The molecule has 3 amide bonds. The number of rotatable bonds is 5. The molecule has 0 radical (unpaired) electrons. The van der Waals surface area contributed by atoms with Crippen LogP contribution in [0, 0.1) is 0 Å². The molecule has 1 unspecified atom stereocenters. The van der Waals surface area contributed by atoms with E-state index in [1.54, 1.807) is 60.7 Å². The zero-order valence-corrected chi connectivity index (χ0v) is 14.2. The Morgan fingerprint density at radius 3 is 2.15 bits per heavy atom. The number of nitrogens with zero attached hydrogens (tertiary/aromatic N) is 2. The van der Waals surface area contributed by atoms with Gasteiger partial charge >= 0.3 is 5.97 Å². The molecule has 1 heterocycles. The van der Waals surface area contributed by atoms with Crippen molar-refractivity contribution in [2.75, 3.05) is 9.80 Å². The molecule has 7 heteroatoms. The molecule has 2 aromatic carbocycles. The molecular weight excluding hydrogens is 348 g/mol. The zero-order chi connectivity index (χ0) is 19.4. The van der Waals surface area contributed by atoms with E-state index in [1.165, 1.54) is 0 Å². The molecule has 1 fully saturated rings. The van der Waals surface area contributed by atoms with E-state index in [-0.39, 0.29) is 6.42 Å². The summed E-state index contributed by atoms with van der Waals surface area (Å²) in [5.74, 6) is -2.93. The minimum atomic E-state index is -1.28. The Bertz CT molecular complexity index is 908. The number of imide groups is 1. The van der Waals surface area contributed by atoms with Gasteiger partial charge < -0.3 is 5.11 Å². The normalized spacial score (nSPS) is 16.7. The zero-order valence-electron chi connectivity index (χ0n) is 14.2. The summed E-state index contributed by atoms with van der Waals surface area (Å²) in [7, 11) is 0. The molecule has 1 N–H and O–H groups in total. The van der Waals surface area contributed by atoms with Crippen molar-refractivity contribution in [1.82, 2.24) is 0 Å². The van der Waals surface area contributed by atoms with Crippen LogP contribution in [0.3, 0.4) is 0 Å². The van der Waals surface area contributed by atoms with Crippen LogP contribution >= 0.6 is 0 Å². The standard InChI is InChI=1S/C20H16N2O5/c23-17(11-12-19(25)26)21(14-7-3-1-4-8-14)16-13-18(24)22(20(16)27)15-9-5-2-6-10-15/h1-12,16H,13H2,(H,25,26)/b12-11+. The molecule has 0 aliphatic carbocycles. The van der Waals surface area contributed by atoms with Crippen molar-refractivity contribution >= 4 is 35.1 Å². The SMILES string of the molecule is O=C(O)/C=C/C(=O)N(c1ccccc1)C1CC(=O)N(c2ccccc2)C1=O. The summed E-state index contributed by atoms with van der Waals surface area (Å²) in [4.78, 5) is 51.0. The molecule has 0 bridgehead atoms.